The molecule has 5 nitrogen and oxygen atoms in total. The van der Waals surface area contributed by atoms with Crippen LogP contribution in [-0.2, 0) is 0 Å². The summed E-state index contributed by atoms with van der Waals surface area (Å²) in [6, 6.07) is 9.79. The highest BCUT2D eigenvalue weighted by Crippen LogP contribution is 2.39. The number of thiophene rings is 1. The van der Waals surface area contributed by atoms with Crippen LogP contribution in [0.5, 0.6) is 0 Å². The topological polar surface area (TPSA) is 58.4 Å². The van der Waals surface area contributed by atoms with Gasteiger partial charge in [0.2, 0.25) is 0 Å². The average molecular weight is 382 g/mol. The van der Waals surface area contributed by atoms with Gasteiger partial charge < -0.3 is 9.73 Å². The average Bonchev–Trinajstić information content (AvgIpc) is 3.34. The molecule has 1 amide bonds. The number of aromatic nitrogens is 1. The van der Waals surface area contributed by atoms with Crippen molar-refractivity contribution in [3.8, 4) is 0 Å². The molecule has 1 saturated heterocycles. The van der Waals surface area contributed by atoms with Crippen molar-refractivity contribution in [2.75, 3.05) is 18.4 Å². The van der Waals surface area contributed by atoms with Crippen molar-refractivity contribution in [3.63, 3.8) is 0 Å². The van der Waals surface area contributed by atoms with Gasteiger partial charge in [0.25, 0.3) is 5.91 Å². The predicted molar refractivity (Wildman–Crippen MR) is 107 cm³/mol. The van der Waals surface area contributed by atoms with E-state index in [0.717, 1.165) is 29.2 Å². The van der Waals surface area contributed by atoms with Crippen LogP contribution in [0, 0.1) is 6.92 Å². The number of anilines is 1. The van der Waals surface area contributed by atoms with Gasteiger partial charge in [0.1, 0.15) is 5.00 Å². The number of hydrogen-bond acceptors (Lipinski definition) is 5. The molecule has 0 radical (unpaired) electrons. The van der Waals surface area contributed by atoms with Crippen LogP contribution >= 0.6 is 11.3 Å². The van der Waals surface area contributed by atoms with Crippen LogP contribution in [0.4, 0.5) is 5.00 Å². The molecule has 140 valence electrons. The molecule has 3 aromatic rings. The van der Waals surface area contributed by atoms with Gasteiger partial charge in [0.15, 0.2) is 5.76 Å². The number of pyridine rings is 1. The van der Waals surface area contributed by atoms with Crippen molar-refractivity contribution in [2.24, 2.45) is 0 Å². The van der Waals surface area contributed by atoms with Crippen molar-refractivity contribution in [1.82, 2.24) is 9.88 Å². The summed E-state index contributed by atoms with van der Waals surface area (Å²) in [5, 5.41) is 3.94. The number of aryl methyl sites for hydroxylation is 1. The Balaban J connectivity index is 1.70. The molecule has 4 rings (SSSR count). The van der Waals surface area contributed by atoms with Gasteiger partial charge in [-0.05, 0) is 62.7 Å². The van der Waals surface area contributed by atoms with E-state index < -0.39 is 0 Å². The SMILES string of the molecule is Cc1cc([C@H](c2cccnc2)N2CCCCC2)c(NC(=O)c2ccco2)s1. The highest BCUT2D eigenvalue weighted by Gasteiger charge is 2.28. The molecule has 3 aromatic heterocycles. The first kappa shape index (κ1) is 17.9. The van der Waals surface area contributed by atoms with E-state index in [1.54, 1.807) is 29.7 Å². The number of carbonyl (C=O) groups excluding carboxylic acids is 1. The van der Waals surface area contributed by atoms with Crippen molar-refractivity contribution < 1.29 is 9.21 Å². The van der Waals surface area contributed by atoms with E-state index in [1.165, 1.54) is 30.4 Å². The fourth-order valence-corrected chi connectivity index (χ4v) is 4.65. The Kier molecular flexibility index (Phi) is 5.36. The zero-order chi connectivity index (χ0) is 18.6. The van der Waals surface area contributed by atoms with Crippen molar-refractivity contribution in [1.29, 1.82) is 0 Å². The largest absolute Gasteiger partial charge is 0.459 e. The van der Waals surface area contributed by atoms with Gasteiger partial charge in [-0.1, -0.05) is 12.5 Å². The van der Waals surface area contributed by atoms with Crippen molar-refractivity contribution >= 4 is 22.2 Å². The number of nitrogens with zero attached hydrogens (tertiary/aromatic N) is 2. The van der Waals surface area contributed by atoms with Gasteiger partial charge in [-0.25, -0.2) is 0 Å². The lowest BCUT2D eigenvalue weighted by Crippen LogP contribution is -2.34. The fourth-order valence-electron chi connectivity index (χ4n) is 3.71. The lowest BCUT2D eigenvalue weighted by Gasteiger charge is -2.35. The van der Waals surface area contributed by atoms with Crippen molar-refractivity contribution in [3.05, 3.63) is 70.8 Å². The minimum Gasteiger partial charge on any atom is -0.459 e. The number of rotatable bonds is 5. The van der Waals surface area contributed by atoms with Crippen LogP contribution in [0.2, 0.25) is 0 Å². The molecular weight excluding hydrogens is 358 g/mol. The third-order valence-electron chi connectivity index (χ3n) is 4.91. The first-order chi connectivity index (χ1) is 13.2. The third kappa shape index (κ3) is 3.96. The minimum atomic E-state index is -0.216. The highest BCUT2D eigenvalue weighted by molar-refractivity contribution is 7.16. The van der Waals surface area contributed by atoms with E-state index in [0.29, 0.717) is 5.76 Å². The number of nitrogens with one attached hydrogen (secondary N) is 1. The quantitative estimate of drug-likeness (QED) is 0.685. The summed E-state index contributed by atoms with van der Waals surface area (Å²) < 4.78 is 5.25. The minimum absolute atomic E-state index is 0.0934. The second kappa shape index (κ2) is 8.06. The molecule has 0 bridgehead atoms. The second-order valence-electron chi connectivity index (χ2n) is 6.86. The summed E-state index contributed by atoms with van der Waals surface area (Å²) in [4.78, 5) is 20.6. The van der Waals surface area contributed by atoms with Crippen LogP contribution in [0.15, 0.2) is 53.4 Å². The standard InChI is InChI=1S/C21H23N3O2S/c1-15-13-17(21(27-15)23-20(25)18-8-6-12-26-18)19(16-7-5-9-22-14-16)24-10-3-2-4-11-24/h5-9,12-14,19H,2-4,10-11H2,1H3,(H,23,25)/t19-/m0/s1. The normalized spacial score (nSPS) is 16.2. The Labute approximate surface area is 163 Å². The summed E-state index contributed by atoms with van der Waals surface area (Å²) in [5.74, 6) is 0.106. The Bertz CT molecular complexity index is 884. The molecule has 0 spiro atoms. The van der Waals surface area contributed by atoms with Crippen LogP contribution in [-0.4, -0.2) is 28.9 Å². The van der Waals surface area contributed by atoms with Gasteiger partial charge in [-0.3, -0.25) is 14.7 Å². The Morgan fingerprint density at radius 2 is 2.11 bits per heavy atom. The van der Waals surface area contributed by atoms with E-state index in [4.69, 9.17) is 4.42 Å². The van der Waals surface area contributed by atoms with Gasteiger partial charge in [0, 0.05) is 22.8 Å². The Hall–Kier alpha value is -2.44. The number of furan rings is 1. The fraction of sp³-hybridized carbons (Fsp3) is 0.333. The summed E-state index contributed by atoms with van der Waals surface area (Å²) in [5.41, 5.74) is 2.29. The van der Waals surface area contributed by atoms with Crippen LogP contribution < -0.4 is 5.32 Å². The monoisotopic (exact) mass is 381 g/mol. The van der Waals surface area contributed by atoms with E-state index in [2.05, 4.69) is 34.3 Å². The van der Waals surface area contributed by atoms with E-state index in [1.807, 2.05) is 12.3 Å². The van der Waals surface area contributed by atoms with E-state index in [9.17, 15) is 4.79 Å². The van der Waals surface area contributed by atoms with Crippen LogP contribution in [0.1, 0.15) is 51.9 Å². The van der Waals surface area contributed by atoms with Crippen molar-refractivity contribution in [2.45, 2.75) is 32.2 Å². The Morgan fingerprint density at radius 1 is 1.26 bits per heavy atom. The molecule has 0 aromatic carbocycles. The molecule has 1 aliphatic heterocycles. The lowest BCUT2D eigenvalue weighted by atomic mass is 9.97. The lowest BCUT2D eigenvalue weighted by molar-refractivity contribution is 0.0996. The molecule has 27 heavy (non-hydrogen) atoms. The maximum atomic E-state index is 12.5. The molecule has 1 fully saturated rings. The van der Waals surface area contributed by atoms with Gasteiger partial charge >= 0.3 is 0 Å². The number of carbonyl (C=O) groups is 1. The number of likely N-dealkylation sites (tertiary alicyclic amines) is 1. The van der Waals surface area contributed by atoms with E-state index in [-0.39, 0.29) is 11.9 Å². The maximum Gasteiger partial charge on any atom is 0.291 e. The first-order valence-corrected chi connectivity index (χ1v) is 10.1. The summed E-state index contributed by atoms with van der Waals surface area (Å²) in [6.45, 7) is 4.19. The smallest absolute Gasteiger partial charge is 0.291 e. The van der Waals surface area contributed by atoms with Gasteiger partial charge in [0.05, 0.1) is 12.3 Å². The zero-order valence-corrected chi connectivity index (χ0v) is 16.2. The van der Waals surface area contributed by atoms with Crippen LogP contribution in [0.3, 0.4) is 0 Å². The van der Waals surface area contributed by atoms with E-state index >= 15 is 0 Å². The first-order valence-electron chi connectivity index (χ1n) is 9.31. The predicted octanol–water partition coefficient (Wildman–Crippen LogP) is 4.87. The molecular formula is C21H23N3O2S. The maximum absolute atomic E-state index is 12.5. The Morgan fingerprint density at radius 3 is 2.81 bits per heavy atom. The van der Waals surface area contributed by atoms with Gasteiger partial charge in [-0.2, -0.15) is 0 Å². The number of amides is 1. The molecule has 0 saturated carbocycles. The highest BCUT2D eigenvalue weighted by atomic mass is 32.1. The number of hydrogen-bond donors (Lipinski definition) is 1. The molecule has 1 N–H and O–H groups in total. The molecule has 1 aliphatic rings. The van der Waals surface area contributed by atoms with Crippen LogP contribution in [0.25, 0.3) is 0 Å². The zero-order valence-electron chi connectivity index (χ0n) is 15.4. The number of piperidine rings is 1. The van der Waals surface area contributed by atoms with Gasteiger partial charge in [-0.15, -0.1) is 11.3 Å². The summed E-state index contributed by atoms with van der Waals surface area (Å²) in [6.07, 6.45) is 8.93. The molecule has 0 aliphatic carbocycles. The second-order valence-corrected chi connectivity index (χ2v) is 8.11. The third-order valence-corrected chi connectivity index (χ3v) is 5.89. The molecule has 4 heterocycles. The summed E-state index contributed by atoms with van der Waals surface area (Å²) >= 11 is 1.61. The molecule has 6 heteroatoms. The molecule has 0 unspecified atom stereocenters. The summed E-state index contributed by atoms with van der Waals surface area (Å²) in [7, 11) is 0. The molecule has 1 atom stereocenters.